The van der Waals surface area contributed by atoms with Gasteiger partial charge in [-0.05, 0) is 77.8 Å². The Morgan fingerprint density at radius 3 is 2.40 bits per heavy atom. The summed E-state index contributed by atoms with van der Waals surface area (Å²) >= 11 is 0. The van der Waals surface area contributed by atoms with Gasteiger partial charge in [-0.3, -0.25) is 4.79 Å². The molecule has 7 nitrogen and oxygen atoms in total. The number of piperidine rings is 1. The molecule has 0 bridgehead atoms. The number of fused-ring (bicyclic) bond motifs is 1. The molecule has 0 radical (unpaired) electrons. The highest BCUT2D eigenvalue weighted by molar-refractivity contribution is 7.84. The fraction of sp³-hybridized carbons (Fsp3) is 0.682. The number of nitrogens with one attached hydrogen (secondary N) is 1. The van der Waals surface area contributed by atoms with Crippen LogP contribution >= 0.6 is 0 Å². The molecule has 0 aromatic carbocycles. The highest BCUT2D eigenvalue weighted by Crippen LogP contribution is 2.52. The molecule has 1 aromatic heterocycles. The van der Waals surface area contributed by atoms with Gasteiger partial charge in [-0.1, -0.05) is 6.07 Å². The molecule has 1 spiro atoms. The number of carbonyl (C=O) groups is 2. The summed E-state index contributed by atoms with van der Waals surface area (Å²) in [5.74, 6) is 0. The third-order valence-corrected chi connectivity index (χ3v) is 7.35. The minimum atomic E-state index is -1.25. The summed E-state index contributed by atoms with van der Waals surface area (Å²) in [6.45, 7) is 12.6. The zero-order valence-corrected chi connectivity index (χ0v) is 19.6. The predicted molar refractivity (Wildman–Crippen MR) is 117 cm³/mol. The van der Waals surface area contributed by atoms with E-state index < -0.39 is 21.3 Å². The van der Waals surface area contributed by atoms with Gasteiger partial charge < -0.3 is 9.64 Å². The number of ether oxygens (including phenoxy) is 1. The molecule has 1 fully saturated rings. The standard InChI is InChI=1S/C22H33N3O4S/c1-20(2,3)29-19(27)25-11-9-22(10-12-25)13-17-16(8-7-15(14-26)23-17)18(22)24-30(28)21(4,5)6/h7-8,14,18,24H,9-13H2,1-6H3/t18-,30-/m1/s1. The molecule has 1 amide bonds. The van der Waals surface area contributed by atoms with E-state index in [1.807, 2.05) is 47.6 Å². The number of nitrogens with zero attached hydrogens (tertiary/aromatic N) is 2. The van der Waals surface area contributed by atoms with Crippen molar-refractivity contribution in [3.05, 3.63) is 29.1 Å². The van der Waals surface area contributed by atoms with Crippen molar-refractivity contribution in [3.8, 4) is 0 Å². The summed E-state index contributed by atoms with van der Waals surface area (Å²) < 4.78 is 21.4. The second-order valence-corrected chi connectivity index (χ2v) is 12.3. The van der Waals surface area contributed by atoms with Crippen molar-refractivity contribution >= 4 is 23.4 Å². The molecular weight excluding hydrogens is 402 g/mol. The third kappa shape index (κ3) is 4.75. The van der Waals surface area contributed by atoms with Gasteiger partial charge in [-0.2, -0.15) is 0 Å². The van der Waals surface area contributed by atoms with Crippen molar-refractivity contribution in [1.29, 1.82) is 0 Å². The molecule has 2 atom stereocenters. The first-order valence-corrected chi connectivity index (χ1v) is 11.6. The summed E-state index contributed by atoms with van der Waals surface area (Å²) in [4.78, 5) is 30.0. The van der Waals surface area contributed by atoms with E-state index >= 15 is 0 Å². The van der Waals surface area contributed by atoms with Crippen LogP contribution in [0.4, 0.5) is 4.79 Å². The smallest absolute Gasteiger partial charge is 0.410 e. The second kappa shape index (κ2) is 8.04. The number of aldehydes is 1. The maximum Gasteiger partial charge on any atom is 0.410 e. The van der Waals surface area contributed by atoms with Gasteiger partial charge in [0, 0.05) is 18.8 Å². The molecule has 1 aliphatic heterocycles. The van der Waals surface area contributed by atoms with E-state index in [4.69, 9.17) is 4.74 Å². The Bertz CT molecular complexity index is 849. The van der Waals surface area contributed by atoms with Crippen molar-refractivity contribution < 1.29 is 18.5 Å². The molecule has 166 valence electrons. The van der Waals surface area contributed by atoms with E-state index in [2.05, 4.69) is 9.71 Å². The third-order valence-electron chi connectivity index (χ3n) is 5.79. The Balaban J connectivity index is 1.84. The van der Waals surface area contributed by atoms with E-state index in [1.165, 1.54) is 0 Å². The largest absolute Gasteiger partial charge is 0.444 e. The lowest BCUT2D eigenvalue weighted by Gasteiger charge is -2.43. The fourth-order valence-electron chi connectivity index (χ4n) is 4.16. The number of rotatable bonds is 3. The first kappa shape index (κ1) is 22.9. The summed E-state index contributed by atoms with van der Waals surface area (Å²) in [7, 11) is -1.25. The summed E-state index contributed by atoms with van der Waals surface area (Å²) in [6, 6.07) is 3.51. The monoisotopic (exact) mass is 435 g/mol. The number of aromatic nitrogens is 1. The predicted octanol–water partition coefficient (Wildman–Crippen LogP) is 3.56. The highest BCUT2D eigenvalue weighted by atomic mass is 32.2. The molecule has 2 aliphatic rings. The van der Waals surface area contributed by atoms with Gasteiger partial charge in [-0.15, -0.1) is 0 Å². The van der Waals surface area contributed by atoms with E-state index in [9.17, 15) is 13.8 Å². The first-order chi connectivity index (χ1) is 13.8. The van der Waals surface area contributed by atoms with E-state index in [0.717, 1.165) is 30.4 Å². The van der Waals surface area contributed by atoms with Gasteiger partial charge in [0.15, 0.2) is 6.29 Å². The van der Waals surface area contributed by atoms with Gasteiger partial charge in [-0.25, -0.2) is 18.7 Å². The summed E-state index contributed by atoms with van der Waals surface area (Å²) in [6.07, 6.45) is 2.66. The maximum atomic E-state index is 12.9. The van der Waals surface area contributed by atoms with Gasteiger partial charge in [0.1, 0.15) is 11.3 Å². The number of likely N-dealkylation sites (tertiary alicyclic amines) is 1. The molecule has 3 rings (SSSR count). The van der Waals surface area contributed by atoms with Crippen molar-refractivity contribution in [2.45, 2.75) is 77.2 Å². The quantitative estimate of drug-likeness (QED) is 0.734. The highest BCUT2D eigenvalue weighted by Gasteiger charge is 2.50. The molecule has 8 heteroatoms. The Hall–Kier alpha value is -1.80. The van der Waals surface area contributed by atoms with Crippen molar-refractivity contribution in [1.82, 2.24) is 14.6 Å². The Morgan fingerprint density at radius 1 is 1.23 bits per heavy atom. The van der Waals surface area contributed by atoms with Crippen LogP contribution in [0.15, 0.2) is 12.1 Å². The minimum absolute atomic E-state index is 0.137. The summed E-state index contributed by atoms with van der Waals surface area (Å²) in [5, 5.41) is 0. The SMILES string of the molecule is CC(C)(C)OC(=O)N1CCC2(CC1)Cc1nc(C=O)ccc1[C@H]2N[S@](=O)C(C)(C)C. The van der Waals surface area contributed by atoms with Crippen LogP contribution in [0, 0.1) is 5.41 Å². The Kier molecular flexibility index (Phi) is 6.13. The van der Waals surface area contributed by atoms with Gasteiger partial charge in [0.25, 0.3) is 0 Å². The summed E-state index contributed by atoms with van der Waals surface area (Å²) in [5.41, 5.74) is 1.57. The van der Waals surface area contributed by atoms with Crippen molar-refractivity contribution in [2.24, 2.45) is 5.41 Å². The van der Waals surface area contributed by atoms with E-state index in [0.29, 0.717) is 25.2 Å². The van der Waals surface area contributed by atoms with Crippen LogP contribution in [0.3, 0.4) is 0 Å². The Labute approximate surface area is 181 Å². The van der Waals surface area contributed by atoms with Gasteiger partial charge in [0.2, 0.25) is 0 Å². The zero-order chi connectivity index (χ0) is 22.3. The van der Waals surface area contributed by atoms with Crippen molar-refractivity contribution in [2.75, 3.05) is 13.1 Å². The average molecular weight is 436 g/mol. The van der Waals surface area contributed by atoms with Crippen molar-refractivity contribution in [3.63, 3.8) is 0 Å². The lowest BCUT2D eigenvalue weighted by atomic mass is 9.73. The average Bonchev–Trinajstić information content (AvgIpc) is 2.92. The number of pyridine rings is 1. The normalized spacial score (nSPS) is 21.9. The van der Waals surface area contributed by atoms with Crippen LogP contribution in [-0.2, 0) is 22.1 Å². The molecule has 1 aliphatic carbocycles. The van der Waals surface area contributed by atoms with Crippen LogP contribution in [0.5, 0.6) is 0 Å². The fourth-order valence-corrected chi connectivity index (χ4v) is 5.11. The van der Waals surface area contributed by atoms with Gasteiger partial charge >= 0.3 is 6.09 Å². The number of hydrogen-bond acceptors (Lipinski definition) is 5. The first-order valence-electron chi connectivity index (χ1n) is 10.5. The number of amides is 1. The van der Waals surface area contributed by atoms with Gasteiger partial charge in [0.05, 0.1) is 21.8 Å². The van der Waals surface area contributed by atoms with Crippen LogP contribution in [0.2, 0.25) is 0 Å². The van der Waals surface area contributed by atoms with Crippen LogP contribution in [0.1, 0.15) is 82.2 Å². The lowest BCUT2D eigenvalue weighted by Crippen LogP contribution is -2.49. The number of hydrogen-bond donors (Lipinski definition) is 1. The minimum Gasteiger partial charge on any atom is -0.444 e. The van der Waals surface area contributed by atoms with Crippen LogP contribution in [0.25, 0.3) is 0 Å². The molecule has 30 heavy (non-hydrogen) atoms. The van der Waals surface area contributed by atoms with E-state index in [-0.39, 0.29) is 17.6 Å². The van der Waals surface area contributed by atoms with E-state index in [1.54, 1.807) is 11.0 Å². The Morgan fingerprint density at radius 2 is 1.87 bits per heavy atom. The molecule has 1 saturated heterocycles. The van der Waals surface area contributed by atoms with Crippen LogP contribution in [-0.4, -0.2) is 49.9 Å². The van der Waals surface area contributed by atoms with Crippen LogP contribution < -0.4 is 4.72 Å². The molecule has 1 aromatic rings. The molecule has 1 N–H and O–H groups in total. The molecule has 0 saturated carbocycles. The maximum absolute atomic E-state index is 12.9. The zero-order valence-electron chi connectivity index (χ0n) is 18.8. The molecule has 0 unspecified atom stereocenters. The lowest BCUT2D eigenvalue weighted by molar-refractivity contribution is 0.00718. The molecule has 2 heterocycles. The topological polar surface area (TPSA) is 88.6 Å². The second-order valence-electron chi connectivity index (χ2n) is 10.3. The molecular formula is C22H33N3O4S. The number of carbonyl (C=O) groups excluding carboxylic acids is 2.